The molecule has 11 amide bonds. The number of unbranched alkanes of at least 4 members (excludes halogenated alkanes) is 4. The van der Waals surface area contributed by atoms with Crippen molar-refractivity contribution in [3.8, 4) is 0 Å². The lowest BCUT2D eigenvalue weighted by Gasteiger charge is -2.29. The van der Waals surface area contributed by atoms with Crippen LogP contribution in [0.3, 0.4) is 0 Å². The molecule has 23 N–H and O–H groups in total. The van der Waals surface area contributed by atoms with Gasteiger partial charge in [0, 0.05) is 13.0 Å². The van der Waals surface area contributed by atoms with Gasteiger partial charge >= 0.3 is 0 Å². The van der Waals surface area contributed by atoms with Crippen LogP contribution in [0.4, 0.5) is 0 Å². The minimum Gasteiger partial charge on any atom is -0.391 e. The van der Waals surface area contributed by atoms with Crippen molar-refractivity contribution in [3.63, 3.8) is 0 Å². The Hall–Kier alpha value is -6.89. The maximum absolute atomic E-state index is 14.5. The molecule has 29 nitrogen and oxygen atoms in total. The Morgan fingerprint density at radius 3 is 1.53 bits per heavy atom. The summed E-state index contributed by atoms with van der Waals surface area (Å²) >= 11 is 0. The van der Waals surface area contributed by atoms with Gasteiger partial charge in [0.1, 0.15) is 60.4 Å². The zero-order chi connectivity index (χ0) is 63.6. The first-order valence-corrected chi connectivity index (χ1v) is 29.7. The minimum atomic E-state index is -1.70. The third-order valence-electron chi connectivity index (χ3n) is 14.0. The lowest BCUT2D eigenvalue weighted by molar-refractivity contribution is -0.137. The maximum Gasteiger partial charge on any atom is 0.245 e. The number of nitrogens with two attached hydrogens (primary N) is 5. The van der Waals surface area contributed by atoms with Crippen LogP contribution in [0.25, 0.3) is 0 Å². The Morgan fingerprint density at radius 2 is 1.04 bits per heavy atom. The molecule has 0 aromatic heterocycles. The van der Waals surface area contributed by atoms with Gasteiger partial charge in [-0.3, -0.25) is 52.7 Å². The van der Waals surface area contributed by atoms with Crippen LogP contribution in [0, 0.1) is 5.92 Å². The number of hydrogen-bond donors (Lipinski definition) is 18. The Morgan fingerprint density at radius 1 is 0.553 bits per heavy atom. The second-order valence-electron chi connectivity index (χ2n) is 21.8. The smallest absolute Gasteiger partial charge is 0.245 e. The van der Waals surface area contributed by atoms with Gasteiger partial charge in [-0.15, -0.1) is 0 Å². The quantitative estimate of drug-likeness (QED) is 0.0321. The Kier molecular flexibility index (Phi) is 35.3. The largest absolute Gasteiger partial charge is 0.391 e. The van der Waals surface area contributed by atoms with Gasteiger partial charge in [-0.25, -0.2) is 0 Å². The highest BCUT2D eigenvalue weighted by Gasteiger charge is 2.37. The molecule has 1 heterocycles. The van der Waals surface area contributed by atoms with Crippen LogP contribution >= 0.6 is 0 Å². The maximum atomic E-state index is 14.5. The van der Waals surface area contributed by atoms with Gasteiger partial charge in [0.05, 0.1) is 12.2 Å². The van der Waals surface area contributed by atoms with E-state index in [-0.39, 0.29) is 96.4 Å². The van der Waals surface area contributed by atoms with Crippen molar-refractivity contribution in [1.82, 2.24) is 58.5 Å². The van der Waals surface area contributed by atoms with Gasteiger partial charge in [0.2, 0.25) is 65.0 Å². The number of aryl methyl sites for hydroxylation is 1. The van der Waals surface area contributed by atoms with Crippen molar-refractivity contribution >= 4 is 65.0 Å². The molecule has 1 aliphatic rings. The van der Waals surface area contributed by atoms with E-state index >= 15 is 0 Å². The van der Waals surface area contributed by atoms with Crippen molar-refractivity contribution < 1.29 is 63.0 Å². The SMILES string of the molecule is CCCCCCCC(=O)N[C@@H](CCN)C(=O)N[C@H](C(=O)N[C@@H](CCN)C(=O)N[C@H]1CCNC(=O)[C@H]([C@@H](C)O)NC(=O)[C@H](CCN)NC(=O)[C@H](CCN)NC(=O)[C@H](CC(C)C)NC(=O)[C@@H](CCc2ccccc2)NC(=O)[C@@H](CCN)NC1=O)[C@H](C)O. The molecule has 0 radical (unpaired) electrons. The van der Waals surface area contributed by atoms with E-state index in [1.54, 1.807) is 32.0 Å². The molecule has 1 aromatic rings. The highest BCUT2D eigenvalue weighted by molar-refractivity contribution is 5.99. The summed E-state index contributed by atoms with van der Waals surface area (Å²) in [6.45, 7) is 6.90. The van der Waals surface area contributed by atoms with Crippen LogP contribution in [-0.4, -0.2) is 187 Å². The van der Waals surface area contributed by atoms with Gasteiger partial charge < -0.3 is 97.4 Å². The van der Waals surface area contributed by atoms with Crippen molar-refractivity contribution in [2.24, 2.45) is 34.6 Å². The number of rotatable bonds is 30. The molecule has 0 aliphatic carbocycles. The van der Waals surface area contributed by atoms with Crippen LogP contribution in [0.1, 0.15) is 130 Å². The summed E-state index contributed by atoms with van der Waals surface area (Å²) < 4.78 is 0. The fraction of sp³-hybridized carbons (Fsp3) is 0.696. The van der Waals surface area contributed by atoms with Gasteiger partial charge in [-0.2, -0.15) is 0 Å². The number of carbonyl (C=O) groups is 11. The van der Waals surface area contributed by atoms with Crippen LogP contribution in [0.2, 0.25) is 0 Å². The normalized spacial score (nSPS) is 22.5. The van der Waals surface area contributed by atoms with Crippen molar-refractivity contribution in [1.29, 1.82) is 0 Å². The molecule has 0 spiro atoms. The summed E-state index contributed by atoms with van der Waals surface area (Å²) in [6.07, 6.45) is 0.407. The first-order chi connectivity index (χ1) is 40.4. The monoisotopic (exact) mass is 1200 g/mol. The summed E-state index contributed by atoms with van der Waals surface area (Å²) in [5.74, 6) is -9.86. The van der Waals surface area contributed by atoms with E-state index in [2.05, 4.69) is 65.4 Å². The van der Waals surface area contributed by atoms with E-state index in [0.29, 0.717) is 6.42 Å². The predicted octanol–water partition coefficient (Wildman–Crippen LogP) is -5.10. The molecule has 1 saturated heterocycles. The van der Waals surface area contributed by atoms with Gasteiger partial charge in [-0.05, 0) is 122 Å². The molecule has 0 unspecified atom stereocenters. The number of nitrogens with one attached hydrogen (secondary N) is 11. The second-order valence-corrected chi connectivity index (χ2v) is 21.8. The summed E-state index contributed by atoms with van der Waals surface area (Å²) in [4.78, 5) is 154. The average molecular weight is 1200 g/mol. The van der Waals surface area contributed by atoms with Crippen LogP contribution in [-0.2, 0) is 59.2 Å². The highest BCUT2D eigenvalue weighted by Crippen LogP contribution is 2.12. The molecular weight excluding hydrogens is 1100 g/mol. The number of aliphatic hydroxyl groups excluding tert-OH is 2. The predicted molar refractivity (Wildman–Crippen MR) is 316 cm³/mol. The Bertz CT molecular complexity index is 2300. The van der Waals surface area contributed by atoms with E-state index in [0.717, 1.165) is 31.2 Å². The lowest BCUT2D eigenvalue weighted by Crippen LogP contribution is -2.62. The molecule has 29 heteroatoms. The molecule has 2 rings (SSSR count). The standard InChI is InChI=1S/C56H98N16O13/c1-6-7-8-9-13-16-44(75)63-37(19-25-57)52(81)72-46(34(5)74)56(85)69-40(22-28-60)50(79)68-42-24-30-62-55(84)45(33(4)73)71-53(82)41(23-29-61)66-49(78)39(21-27-59)67-54(83)43(31-32(2)3)70-47(76)36(18-17-35-14-11-10-12-15-35)64-48(77)38(20-26-58)65-51(42)80/h10-12,14-15,32-34,36-43,45-46,73-74H,6-9,13,16-31,57-61H2,1-5H3,(H,62,84)(H,63,75)(H,64,77)(H,65,80)(H,66,78)(H,67,83)(H,68,79)(H,69,85)(H,70,76)(H,71,82)(H,72,81)/t33-,34+,36-,37+,38-,39+,40+,41+,42+,43+,45+,46+/m1/s1. The van der Waals surface area contributed by atoms with Crippen molar-refractivity contribution in [3.05, 3.63) is 35.9 Å². The van der Waals surface area contributed by atoms with Gasteiger partial charge in [0.25, 0.3) is 0 Å². The molecular formula is C56H98N16O13. The first kappa shape index (κ1) is 74.2. The van der Waals surface area contributed by atoms with E-state index in [1.165, 1.54) is 13.8 Å². The molecule has 12 atom stereocenters. The van der Waals surface area contributed by atoms with E-state index in [9.17, 15) is 63.0 Å². The number of carbonyl (C=O) groups excluding carboxylic acids is 11. The summed E-state index contributed by atoms with van der Waals surface area (Å²) in [7, 11) is 0. The Labute approximate surface area is 498 Å². The van der Waals surface area contributed by atoms with Crippen LogP contribution < -0.4 is 87.2 Å². The summed E-state index contributed by atoms with van der Waals surface area (Å²) in [6, 6.07) is -5.70. The highest BCUT2D eigenvalue weighted by atomic mass is 16.3. The number of benzene rings is 1. The lowest BCUT2D eigenvalue weighted by atomic mass is 10.00. The number of hydrogen-bond acceptors (Lipinski definition) is 18. The fourth-order valence-corrected chi connectivity index (χ4v) is 9.19. The topological polar surface area (TPSA) is 491 Å². The molecule has 1 fully saturated rings. The fourth-order valence-electron chi connectivity index (χ4n) is 9.19. The molecule has 480 valence electrons. The number of aliphatic hydroxyl groups is 2. The third kappa shape index (κ3) is 27.4. The molecule has 85 heavy (non-hydrogen) atoms. The van der Waals surface area contributed by atoms with Crippen molar-refractivity contribution in [2.75, 3.05) is 39.3 Å². The first-order valence-electron chi connectivity index (χ1n) is 29.7. The molecule has 1 aliphatic heterocycles. The molecule has 1 aromatic carbocycles. The second kappa shape index (κ2) is 40.4. The van der Waals surface area contributed by atoms with Crippen molar-refractivity contribution in [2.45, 2.75) is 204 Å². The zero-order valence-corrected chi connectivity index (χ0v) is 50.0. The van der Waals surface area contributed by atoms with E-state index in [4.69, 9.17) is 28.7 Å². The van der Waals surface area contributed by atoms with Crippen LogP contribution in [0.5, 0.6) is 0 Å². The van der Waals surface area contributed by atoms with Crippen LogP contribution in [0.15, 0.2) is 30.3 Å². The summed E-state index contributed by atoms with van der Waals surface area (Å²) in [5, 5.41) is 49.7. The minimum absolute atomic E-state index is 0.0138. The zero-order valence-electron chi connectivity index (χ0n) is 50.0. The number of amides is 11. The molecule has 0 saturated carbocycles. The average Bonchev–Trinajstić information content (AvgIpc) is 3.63. The third-order valence-corrected chi connectivity index (χ3v) is 14.0. The van der Waals surface area contributed by atoms with E-state index < -0.39 is 151 Å². The van der Waals surface area contributed by atoms with Gasteiger partial charge in [0.15, 0.2) is 0 Å². The van der Waals surface area contributed by atoms with E-state index in [1.807, 2.05) is 12.1 Å². The summed E-state index contributed by atoms with van der Waals surface area (Å²) in [5.41, 5.74) is 30.1. The Balaban J connectivity index is 2.68. The van der Waals surface area contributed by atoms with Gasteiger partial charge in [-0.1, -0.05) is 76.8 Å². The molecule has 0 bridgehead atoms.